The number of amides is 2. The molecule has 0 bridgehead atoms. The van der Waals surface area contributed by atoms with Gasteiger partial charge in [0.25, 0.3) is 0 Å². The van der Waals surface area contributed by atoms with E-state index >= 15 is 0 Å². The number of piperidine rings is 2. The van der Waals surface area contributed by atoms with Gasteiger partial charge in [0.1, 0.15) is 0 Å². The summed E-state index contributed by atoms with van der Waals surface area (Å²) in [7, 11) is 1.64. The van der Waals surface area contributed by atoms with Crippen molar-refractivity contribution < 1.29 is 9.59 Å². The van der Waals surface area contributed by atoms with Gasteiger partial charge in [-0.25, -0.2) is 4.79 Å². The second-order valence-electron chi connectivity index (χ2n) is 8.38. The summed E-state index contributed by atoms with van der Waals surface area (Å²) in [5.74, 6) is 6.38. The van der Waals surface area contributed by atoms with Gasteiger partial charge in [0.2, 0.25) is 11.8 Å². The topological polar surface area (TPSA) is 93.6 Å². The minimum atomic E-state index is -0.412. The standard InChI is InChI=1S/C23H29N5O3/c1-25-20-15-17(5-2-3-12-26-13-10-18(16-24)11-14-26)8-9-19(20)27(23(25)31)28-21(29)6-4-7-22(28)30/h8-9,15,18H,3-4,6-7,10-14,16,24H2,1H3. The van der Waals surface area contributed by atoms with Crippen molar-refractivity contribution in [2.75, 3.05) is 31.2 Å². The Morgan fingerprint density at radius 2 is 1.77 bits per heavy atom. The fraction of sp³-hybridized carbons (Fsp3) is 0.522. The van der Waals surface area contributed by atoms with Gasteiger partial charge in [-0.3, -0.25) is 14.2 Å². The van der Waals surface area contributed by atoms with Gasteiger partial charge >= 0.3 is 5.69 Å². The van der Waals surface area contributed by atoms with E-state index in [0.717, 1.165) is 56.0 Å². The number of nitrogens with two attached hydrogens (primary N) is 1. The van der Waals surface area contributed by atoms with Gasteiger partial charge in [-0.2, -0.15) is 9.69 Å². The lowest BCUT2D eigenvalue weighted by Gasteiger charge is -2.30. The SMILES string of the molecule is Cn1c(=O)n(N2C(=O)CCCC2=O)c2ccc(C#CCCN3CCC(CN)CC3)cc21. The van der Waals surface area contributed by atoms with Crippen molar-refractivity contribution in [3.8, 4) is 11.8 Å². The number of fused-ring (bicyclic) bond motifs is 1. The number of carbonyl (C=O) groups excluding carboxylic acids is 2. The molecule has 0 unspecified atom stereocenters. The molecule has 3 heterocycles. The first-order valence-corrected chi connectivity index (χ1v) is 11.0. The van der Waals surface area contributed by atoms with Crippen molar-refractivity contribution in [3.05, 3.63) is 34.2 Å². The van der Waals surface area contributed by atoms with Crippen LogP contribution < -0.4 is 16.4 Å². The largest absolute Gasteiger partial charge is 0.348 e. The van der Waals surface area contributed by atoms with Crippen molar-refractivity contribution in [2.24, 2.45) is 18.7 Å². The van der Waals surface area contributed by atoms with Gasteiger partial charge in [0, 0.05) is 38.4 Å². The Balaban J connectivity index is 1.50. The molecular formula is C23H29N5O3. The summed E-state index contributed by atoms with van der Waals surface area (Å²) in [4.78, 5) is 39.9. The Hall–Kier alpha value is -2.89. The van der Waals surface area contributed by atoms with Gasteiger partial charge in [0.15, 0.2) is 0 Å². The number of rotatable bonds is 4. The number of aryl methyl sites for hydroxylation is 1. The number of nitrogens with zero attached hydrogens (tertiary/aromatic N) is 4. The third-order valence-corrected chi connectivity index (χ3v) is 6.31. The smallest absolute Gasteiger partial charge is 0.330 e. The van der Waals surface area contributed by atoms with Gasteiger partial charge in [0.05, 0.1) is 11.0 Å². The molecule has 0 atom stereocenters. The Morgan fingerprint density at radius 1 is 1.06 bits per heavy atom. The van der Waals surface area contributed by atoms with Crippen LogP contribution >= 0.6 is 0 Å². The summed E-state index contributed by atoms with van der Waals surface area (Å²) in [5, 5.41) is 0.993. The zero-order valence-electron chi connectivity index (χ0n) is 18.0. The molecule has 1 aromatic heterocycles. The van der Waals surface area contributed by atoms with E-state index in [1.165, 1.54) is 9.24 Å². The molecule has 2 amide bonds. The van der Waals surface area contributed by atoms with Crippen LogP contribution in [0.2, 0.25) is 0 Å². The van der Waals surface area contributed by atoms with E-state index in [1.807, 2.05) is 12.1 Å². The lowest BCUT2D eigenvalue weighted by molar-refractivity contribution is -0.131. The molecule has 164 valence electrons. The molecule has 2 saturated heterocycles. The van der Waals surface area contributed by atoms with Crippen LogP contribution in [0.15, 0.2) is 23.0 Å². The Morgan fingerprint density at radius 3 is 2.45 bits per heavy atom. The summed E-state index contributed by atoms with van der Waals surface area (Å²) in [5.41, 5.74) is 7.32. The molecule has 0 aliphatic carbocycles. The summed E-state index contributed by atoms with van der Waals surface area (Å²) in [6.07, 6.45) is 4.16. The van der Waals surface area contributed by atoms with Crippen LogP contribution in [-0.4, -0.2) is 52.1 Å². The lowest BCUT2D eigenvalue weighted by Crippen LogP contribution is -2.52. The van der Waals surface area contributed by atoms with Gasteiger partial charge in [-0.1, -0.05) is 11.8 Å². The summed E-state index contributed by atoms with van der Waals surface area (Å²) in [6.45, 7) is 3.89. The third-order valence-electron chi connectivity index (χ3n) is 6.31. The van der Waals surface area contributed by atoms with Crippen LogP contribution in [0, 0.1) is 17.8 Å². The zero-order valence-corrected chi connectivity index (χ0v) is 18.0. The molecule has 0 spiro atoms. The molecule has 0 radical (unpaired) electrons. The number of imidazole rings is 1. The number of imide groups is 1. The zero-order chi connectivity index (χ0) is 22.0. The minimum absolute atomic E-state index is 0.266. The predicted molar refractivity (Wildman–Crippen MR) is 119 cm³/mol. The second kappa shape index (κ2) is 9.08. The number of hydrogen-bond acceptors (Lipinski definition) is 5. The second-order valence-corrected chi connectivity index (χ2v) is 8.38. The van der Waals surface area contributed by atoms with Crippen LogP contribution in [0.1, 0.15) is 44.1 Å². The first-order chi connectivity index (χ1) is 15.0. The average molecular weight is 424 g/mol. The first-order valence-electron chi connectivity index (χ1n) is 11.0. The van der Waals surface area contributed by atoms with Gasteiger partial charge in [-0.05, 0) is 63.0 Å². The van der Waals surface area contributed by atoms with E-state index in [2.05, 4.69) is 16.7 Å². The third kappa shape index (κ3) is 4.29. The summed E-state index contributed by atoms with van der Waals surface area (Å²) in [6, 6.07) is 5.43. The highest BCUT2D eigenvalue weighted by atomic mass is 16.2. The van der Waals surface area contributed by atoms with E-state index in [0.29, 0.717) is 23.4 Å². The molecular weight excluding hydrogens is 394 g/mol. The highest BCUT2D eigenvalue weighted by Crippen LogP contribution is 2.19. The van der Waals surface area contributed by atoms with Gasteiger partial charge in [-0.15, -0.1) is 0 Å². The Bertz CT molecular complexity index is 1100. The quantitative estimate of drug-likeness (QED) is 0.583. The Kier molecular flexibility index (Phi) is 6.25. The van der Waals surface area contributed by atoms with Crippen molar-refractivity contribution >= 4 is 22.8 Å². The molecule has 2 fully saturated rings. The molecule has 8 nitrogen and oxygen atoms in total. The van der Waals surface area contributed by atoms with Crippen LogP contribution in [0.4, 0.5) is 0 Å². The lowest BCUT2D eigenvalue weighted by atomic mass is 9.97. The fourth-order valence-electron chi connectivity index (χ4n) is 4.38. The first kappa shape index (κ1) is 21.3. The highest BCUT2D eigenvalue weighted by molar-refractivity contribution is 6.10. The fourth-order valence-corrected chi connectivity index (χ4v) is 4.38. The van der Waals surface area contributed by atoms with Crippen LogP contribution in [0.3, 0.4) is 0 Å². The number of carbonyl (C=O) groups is 2. The Labute approximate surface area is 181 Å². The monoisotopic (exact) mass is 423 g/mol. The molecule has 2 N–H and O–H groups in total. The summed E-state index contributed by atoms with van der Waals surface area (Å²) >= 11 is 0. The normalized spacial score (nSPS) is 18.5. The van der Waals surface area contributed by atoms with Crippen LogP contribution in [0.5, 0.6) is 0 Å². The van der Waals surface area contributed by atoms with Crippen LogP contribution in [0.25, 0.3) is 11.0 Å². The molecule has 2 aliphatic heterocycles. The van der Waals surface area contributed by atoms with Crippen molar-refractivity contribution in [2.45, 2.75) is 38.5 Å². The number of likely N-dealkylation sites (tertiary alicyclic amines) is 1. The summed E-state index contributed by atoms with van der Waals surface area (Å²) < 4.78 is 2.65. The maximum Gasteiger partial charge on any atom is 0.348 e. The maximum atomic E-state index is 12.8. The number of benzene rings is 1. The highest BCUT2D eigenvalue weighted by Gasteiger charge is 2.31. The van der Waals surface area contributed by atoms with E-state index in [4.69, 9.17) is 5.73 Å². The van der Waals surface area contributed by atoms with Gasteiger partial charge < -0.3 is 10.6 Å². The van der Waals surface area contributed by atoms with Crippen molar-refractivity contribution in [1.29, 1.82) is 0 Å². The molecule has 2 aliphatic rings. The molecule has 8 heteroatoms. The molecule has 4 rings (SSSR count). The average Bonchev–Trinajstić information content (AvgIpc) is 3.02. The van der Waals surface area contributed by atoms with E-state index in [1.54, 1.807) is 13.1 Å². The maximum absolute atomic E-state index is 12.8. The number of hydrogen-bond donors (Lipinski definition) is 1. The molecule has 0 saturated carbocycles. The van der Waals surface area contributed by atoms with Crippen LogP contribution in [-0.2, 0) is 16.6 Å². The van der Waals surface area contributed by atoms with E-state index in [9.17, 15) is 14.4 Å². The van der Waals surface area contributed by atoms with E-state index in [-0.39, 0.29) is 24.7 Å². The predicted octanol–water partition coefficient (Wildman–Crippen LogP) is 0.927. The van der Waals surface area contributed by atoms with E-state index < -0.39 is 5.69 Å². The molecule has 31 heavy (non-hydrogen) atoms. The van der Waals surface area contributed by atoms with Crippen molar-refractivity contribution in [1.82, 2.24) is 14.1 Å². The van der Waals surface area contributed by atoms with Crippen molar-refractivity contribution in [3.63, 3.8) is 0 Å². The number of aromatic nitrogens is 2. The minimum Gasteiger partial charge on any atom is -0.330 e. The molecule has 2 aromatic rings. The molecule has 1 aromatic carbocycles.